The lowest BCUT2D eigenvalue weighted by Crippen LogP contribution is -2.40. The van der Waals surface area contributed by atoms with Gasteiger partial charge >= 0.3 is 0 Å². The van der Waals surface area contributed by atoms with Gasteiger partial charge in [0.05, 0.1) is 10.7 Å². The molecule has 1 aromatic rings. The van der Waals surface area contributed by atoms with Gasteiger partial charge in [0.1, 0.15) is 0 Å². The van der Waals surface area contributed by atoms with E-state index in [0.29, 0.717) is 6.61 Å². The highest BCUT2D eigenvalue weighted by Gasteiger charge is 2.31. The Bertz CT molecular complexity index is 372. The minimum atomic E-state index is 0.109. The van der Waals surface area contributed by atoms with Crippen LogP contribution in [0.25, 0.3) is 0 Å². The molecule has 0 spiro atoms. The maximum absolute atomic E-state index is 9.68. The first kappa shape index (κ1) is 14.0. The first-order chi connectivity index (χ1) is 8.65. The number of aryl methyl sites for hydroxylation is 1. The predicted octanol–water partition coefficient (Wildman–Crippen LogP) is 3.04. The van der Waals surface area contributed by atoms with Crippen LogP contribution in [-0.2, 0) is 0 Å². The summed E-state index contributed by atoms with van der Waals surface area (Å²) in [7, 11) is 0. The zero-order chi connectivity index (χ0) is 13.0. The van der Waals surface area contributed by atoms with Crippen molar-refractivity contribution in [2.24, 2.45) is 5.41 Å². The molecule has 102 valence electrons. The maximum Gasteiger partial charge on any atom is 0.0898 e. The van der Waals surface area contributed by atoms with Crippen molar-refractivity contribution in [3.8, 4) is 0 Å². The lowest BCUT2D eigenvalue weighted by Gasteiger charge is -2.36. The Hall–Kier alpha value is -0.450. The quantitative estimate of drug-likeness (QED) is 0.862. The summed E-state index contributed by atoms with van der Waals surface area (Å²) in [6.07, 6.45) is 6.14. The molecule has 1 aliphatic carbocycles. The number of hydrogen-bond acceptors (Lipinski definition) is 4. The van der Waals surface area contributed by atoms with Crippen LogP contribution in [0.3, 0.4) is 0 Å². The minimum Gasteiger partial charge on any atom is -0.396 e. The van der Waals surface area contributed by atoms with E-state index in [4.69, 9.17) is 0 Å². The number of thiazole rings is 1. The van der Waals surface area contributed by atoms with Crippen molar-refractivity contribution in [1.29, 1.82) is 0 Å². The Kier molecular flexibility index (Phi) is 4.76. The molecule has 1 fully saturated rings. The molecule has 0 amide bonds. The van der Waals surface area contributed by atoms with E-state index in [1.807, 2.05) is 6.92 Å². The Labute approximate surface area is 114 Å². The van der Waals surface area contributed by atoms with Gasteiger partial charge in [-0.05, 0) is 26.7 Å². The second kappa shape index (κ2) is 6.13. The van der Waals surface area contributed by atoms with Crippen LogP contribution in [0.4, 0.5) is 0 Å². The highest BCUT2D eigenvalue weighted by Crippen LogP contribution is 2.35. The SMILES string of the molecule is Cc1nc(C(C)NCC2(CO)CCCCC2)cs1. The van der Waals surface area contributed by atoms with Gasteiger partial charge in [-0.1, -0.05) is 19.3 Å². The van der Waals surface area contributed by atoms with Crippen molar-refractivity contribution < 1.29 is 5.11 Å². The summed E-state index contributed by atoms with van der Waals surface area (Å²) >= 11 is 1.70. The van der Waals surface area contributed by atoms with Gasteiger partial charge in [0.2, 0.25) is 0 Å². The number of aromatic nitrogens is 1. The van der Waals surface area contributed by atoms with Crippen molar-refractivity contribution in [2.45, 2.75) is 52.0 Å². The molecular formula is C14H24N2OS. The summed E-state index contributed by atoms with van der Waals surface area (Å²) in [5.74, 6) is 0. The molecule has 0 aliphatic heterocycles. The second-order valence-electron chi connectivity index (χ2n) is 5.61. The van der Waals surface area contributed by atoms with Gasteiger partial charge in [-0.25, -0.2) is 4.98 Å². The average Bonchev–Trinajstić information content (AvgIpc) is 2.84. The van der Waals surface area contributed by atoms with Crippen molar-refractivity contribution in [1.82, 2.24) is 10.3 Å². The van der Waals surface area contributed by atoms with Gasteiger partial charge < -0.3 is 10.4 Å². The normalized spacial score (nSPS) is 20.8. The zero-order valence-electron chi connectivity index (χ0n) is 11.4. The molecule has 1 saturated carbocycles. The summed E-state index contributed by atoms with van der Waals surface area (Å²) in [5, 5.41) is 16.5. The van der Waals surface area contributed by atoms with E-state index in [9.17, 15) is 5.11 Å². The fourth-order valence-corrected chi connectivity index (χ4v) is 3.45. The van der Waals surface area contributed by atoms with E-state index in [-0.39, 0.29) is 11.5 Å². The highest BCUT2D eigenvalue weighted by molar-refractivity contribution is 7.09. The molecular weight excluding hydrogens is 244 g/mol. The number of aliphatic hydroxyl groups is 1. The molecule has 2 N–H and O–H groups in total. The molecule has 4 heteroatoms. The number of nitrogens with zero attached hydrogens (tertiary/aromatic N) is 1. The summed E-state index contributed by atoms with van der Waals surface area (Å²) in [6, 6.07) is 0.278. The zero-order valence-corrected chi connectivity index (χ0v) is 12.2. The Morgan fingerprint density at radius 3 is 2.72 bits per heavy atom. The van der Waals surface area contributed by atoms with Crippen molar-refractivity contribution in [2.75, 3.05) is 13.2 Å². The van der Waals surface area contributed by atoms with E-state index >= 15 is 0 Å². The smallest absolute Gasteiger partial charge is 0.0898 e. The molecule has 0 saturated heterocycles. The van der Waals surface area contributed by atoms with E-state index < -0.39 is 0 Å². The van der Waals surface area contributed by atoms with Gasteiger partial charge in [0.25, 0.3) is 0 Å². The molecule has 0 bridgehead atoms. The molecule has 1 atom stereocenters. The number of aliphatic hydroxyl groups excluding tert-OH is 1. The molecule has 1 aliphatic rings. The Morgan fingerprint density at radius 1 is 1.44 bits per heavy atom. The van der Waals surface area contributed by atoms with Gasteiger partial charge in [0, 0.05) is 30.0 Å². The van der Waals surface area contributed by atoms with Crippen LogP contribution < -0.4 is 5.32 Å². The fourth-order valence-electron chi connectivity index (χ4n) is 2.75. The molecule has 3 nitrogen and oxygen atoms in total. The predicted molar refractivity (Wildman–Crippen MR) is 75.9 cm³/mol. The third-order valence-corrected chi connectivity index (χ3v) is 4.91. The number of nitrogens with one attached hydrogen (secondary N) is 1. The van der Waals surface area contributed by atoms with E-state index in [0.717, 1.165) is 30.1 Å². The van der Waals surface area contributed by atoms with Crippen LogP contribution in [0.1, 0.15) is 55.8 Å². The molecule has 0 radical (unpaired) electrons. The summed E-state index contributed by atoms with van der Waals surface area (Å²) in [6.45, 7) is 5.41. The standard InChI is InChI=1S/C14H24N2OS/c1-11(13-8-18-12(2)16-13)15-9-14(10-17)6-4-3-5-7-14/h8,11,15,17H,3-7,9-10H2,1-2H3. The first-order valence-electron chi connectivity index (χ1n) is 6.91. The molecule has 2 rings (SSSR count). The Morgan fingerprint density at radius 2 is 2.17 bits per heavy atom. The third-order valence-electron chi connectivity index (χ3n) is 4.11. The van der Waals surface area contributed by atoms with E-state index in [2.05, 4.69) is 22.6 Å². The monoisotopic (exact) mass is 268 g/mol. The van der Waals surface area contributed by atoms with E-state index in [1.165, 1.54) is 19.3 Å². The molecule has 1 aromatic heterocycles. The first-order valence-corrected chi connectivity index (χ1v) is 7.79. The average molecular weight is 268 g/mol. The highest BCUT2D eigenvalue weighted by atomic mass is 32.1. The lowest BCUT2D eigenvalue weighted by atomic mass is 9.74. The molecule has 1 heterocycles. The molecule has 18 heavy (non-hydrogen) atoms. The second-order valence-corrected chi connectivity index (χ2v) is 6.67. The van der Waals surface area contributed by atoms with Crippen LogP contribution >= 0.6 is 11.3 Å². The van der Waals surface area contributed by atoms with Gasteiger partial charge in [-0.15, -0.1) is 11.3 Å². The Balaban J connectivity index is 1.89. The van der Waals surface area contributed by atoms with Crippen LogP contribution in [0.5, 0.6) is 0 Å². The number of rotatable bonds is 5. The maximum atomic E-state index is 9.68. The fraction of sp³-hybridized carbons (Fsp3) is 0.786. The summed E-state index contributed by atoms with van der Waals surface area (Å²) in [4.78, 5) is 4.52. The van der Waals surface area contributed by atoms with Gasteiger partial charge in [-0.3, -0.25) is 0 Å². The van der Waals surface area contributed by atoms with Crippen LogP contribution in [0.2, 0.25) is 0 Å². The minimum absolute atomic E-state index is 0.109. The lowest BCUT2D eigenvalue weighted by molar-refractivity contribution is 0.0787. The van der Waals surface area contributed by atoms with Gasteiger partial charge in [0.15, 0.2) is 0 Å². The summed E-state index contributed by atoms with van der Waals surface area (Å²) < 4.78 is 0. The number of hydrogen-bond donors (Lipinski definition) is 2. The van der Waals surface area contributed by atoms with Crippen LogP contribution in [-0.4, -0.2) is 23.2 Å². The van der Waals surface area contributed by atoms with Crippen molar-refractivity contribution >= 4 is 11.3 Å². The van der Waals surface area contributed by atoms with Gasteiger partial charge in [-0.2, -0.15) is 0 Å². The summed E-state index contributed by atoms with van der Waals surface area (Å²) in [5.41, 5.74) is 1.24. The van der Waals surface area contributed by atoms with Crippen molar-refractivity contribution in [3.63, 3.8) is 0 Å². The molecule has 1 unspecified atom stereocenters. The third kappa shape index (κ3) is 3.31. The topological polar surface area (TPSA) is 45.2 Å². The largest absolute Gasteiger partial charge is 0.396 e. The van der Waals surface area contributed by atoms with E-state index in [1.54, 1.807) is 11.3 Å². The van der Waals surface area contributed by atoms with Crippen molar-refractivity contribution in [3.05, 3.63) is 16.1 Å². The van der Waals surface area contributed by atoms with Crippen LogP contribution in [0.15, 0.2) is 5.38 Å². The molecule has 0 aromatic carbocycles. The van der Waals surface area contributed by atoms with Crippen LogP contribution in [0, 0.1) is 12.3 Å².